The number of aryl methyl sites for hydroxylation is 1. The van der Waals surface area contributed by atoms with Gasteiger partial charge in [-0.1, -0.05) is 25.8 Å². The van der Waals surface area contributed by atoms with Gasteiger partial charge in [0.15, 0.2) is 5.78 Å². The Morgan fingerprint density at radius 2 is 1.90 bits per heavy atom. The molecule has 1 aliphatic carbocycles. The zero-order chi connectivity index (χ0) is 14.7. The number of ketones is 1. The molecule has 0 unspecified atom stereocenters. The van der Waals surface area contributed by atoms with Gasteiger partial charge in [0.1, 0.15) is 0 Å². The van der Waals surface area contributed by atoms with Crippen molar-refractivity contribution in [2.45, 2.75) is 63.8 Å². The first-order valence-corrected chi connectivity index (χ1v) is 8.47. The quantitative estimate of drug-likeness (QED) is 0.833. The fourth-order valence-electron chi connectivity index (χ4n) is 3.97. The summed E-state index contributed by atoms with van der Waals surface area (Å²) in [7, 11) is 0. The van der Waals surface area contributed by atoms with E-state index in [1.54, 1.807) is 0 Å². The SMILES string of the molecule is CCc1ccc(CC(=O)C2(N3CCCC3)CCCC2)nc1. The molecule has 0 aromatic carbocycles. The molecule has 2 heterocycles. The second-order valence-corrected chi connectivity index (χ2v) is 6.54. The van der Waals surface area contributed by atoms with Gasteiger partial charge in [0.2, 0.25) is 0 Å². The number of rotatable bonds is 5. The summed E-state index contributed by atoms with van der Waals surface area (Å²) in [4.78, 5) is 20.0. The van der Waals surface area contributed by atoms with Crippen LogP contribution in [-0.2, 0) is 17.6 Å². The molecular formula is C18H26N2O. The Kier molecular flexibility index (Phi) is 4.39. The molecule has 3 rings (SSSR count). The first kappa shape index (κ1) is 14.7. The number of nitrogens with zero attached hydrogens (tertiary/aromatic N) is 2. The molecule has 0 amide bonds. The average molecular weight is 286 g/mol. The van der Waals surface area contributed by atoms with Gasteiger partial charge in [-0.05, 0) is 56.8 Å². The Morgan fingerprint density at radius 1 is 1.19 bits per heavy atom. The van der Waals surface area contributed by atoms with Gasteiger partial charge in [0.25, 0.3) is 0 Å². The van der Waals surface area contributed by atoms with Gasteiger partial charge in [-0.3, -0.25) is 14.7 Å². The molecule has 3 nitrogen and oxygen atoms in total. The van der Waals surface area contributed by atoms with Gasteiger partial charge in [-0.25, -0.2) is 0 Å². The van der Waals surface area contributed by atoms with Crippen LogP contribution in [0.25, 0.3) is 0 Å². The van der Waals surface area contributed by atoms with Gasteiger partial charge >= 0.3 is 0 Å². The van der Waals surface area contributed by atoms with E-state index in [9.17, 15) is 4.79 Å². The van der Waals surface area contributed by atoms with Crippen molar-refractivity contribution in [1.29, 1.82) is 0 Å². The van der Waals surface area contributed by atoms with E-state index in [4.69, 9.17) is 0 Å². The van der Waals surface area contributed by atoms with E-state index < -0.39 is 0 Å². The first-order valence-electron chi connectivity index (χ1n) is 8.47. The molecule has 1 saturated carbocycles. The number of pyridine rings is 1. The van der Waals surface area contributed by atoms with Gasteiger partial charge in [0.05, 0.1) is 12.0 Å². The Balaban J connectivity index is 1.74. The highest BCUT2D eigenvalue weighted by Gasteiger charge is 2.46. The molecule has 2 aliphatic rings. The highest BCUT2D eigenvalue weighted by molar-refractivity contribution is 5.90. The molecule has 1 saturated heterocycles. The van der Waals surface area contributed by atoms with Crippen LogP contribution in [0.1, 0.15) is 56.7 Å². The predicted octanol–water partition coefficient (Wildman–Crippen LogP) is 3.16. The van der Waals surface area contributed by atoms with Crippen molar-refractivity contribution in [3.63, 3.8) is 0 Å². The summed E-state index contributed by atoms with van der Waals surface area (Å²) in [5.41, 5.74) is 2.01. The standard InChI is InChI=1S/C18H26N2O/c1-2-15-7-8-16(19-14-15)13-17(21)18(9-3-4-10-18)20-11-5-6-12-20/h7-8,14H,2-6,9-13H2,1H3. The maximum absolute atomic E-state index is 13.0. The lowest BCUT2D eigenvalue weighted by molar-refractivity contribution is -0.129. The predicted molar refractivity (Wildman–Crippen MR) is 84.3 cm³/mol. The minimum Gasteiger partial charge on any atom is -0.297 e. The van der Waals surface area contributed by atoms with Crippen LogP contribution in [-0.4, -0.2) is 34.3 Å². The van der Waals surface area contributed by atoms with Gasteiger partial charge in [-0.15, -0.1) is 0 Å². The lowest BCUT2D eigenvalue weighted by atomic mass is 9.87. The molecule has 1 aromatic heterocycles. The van der Waals surface area contributed by atoms with Gasteiger partial charge in [0, 0.05) is 11.9 Å². The molecule has 0 atom stereocenters. The molecule has 3 heteroatoms. The molecular weight excluding hydrogens is 260 g/mol. The molecule has 0 spiro atoms. The van der Waals surface area contributed by atoms with E-state index >= 15 is 0 Å². The lowest BCUT2D eigenvalue weighted by Gasteiger charge is -2.37. The highest BCUT2D eigenvalue weighted by atomic mass is 16.1. The molecule has 21 heavy (non-hydrogen) atoms. The number of aromatic nitrogens is 1. The van der Waals surface area contributed by atoms with Crippen molar-refractivity contribution in [2.24, 2.45) is 0 Å². The number of Topliss-reactive ketones (excluding diaryl/α,β-unsaturated/α-hetero) is 1. The van der Waals surface area contributed by atoms with Crippen LogP contribution in [0.2, 0.25) is 0 Å². The normalized spacial score (nSPS) is 21.8. The van der Waals surface area contributed by atoms with Crippen molar-refractivity contribution in [3.8, 4) is 0 Å². The summed E-state index contributed by atoms with van der Waals surface area (Å²) in [6, 6.07) is 4.14. The number of hydrogen-bond acceptors (Lipinski definition) is 3. The Hall–Kier alpha value is -1.22. The molecule has 114 valence electrons. The van der Waals surface area contributed by atoms with Crippen molar-refractivity contribution >= 4 is 5.78 Å². The smallest absolute Gasteiger partial charge is 0.159 e. The van der Waals surface area contributed by atoms with Crippen molar-refractivity contribution in [2.75, 3.05) is 13.1 Å². The van der Waals surface area contributed by atoms with Crippen molar-refractivity contribution in [1.82, 2.24) is 9.88 Å². The summed E-state index contributed by atoms with van der Waals surface area (Å²) >= 11 is 0. The topological polar surface area (TPSA) is 33.2 Å². The summed E-state index contributed by atoms with van der Waals surface area (Å²) < 4.78 is 0. The fraction of sp³-hybridized carbons (Fsp3) is 0.667. The highest BCUT2D eigenvalue weighted by Crippen LogP contribution is 2.38. The van der Waals surface area contributed by atoms with E-state index in [-0.39, 0.29) is 5.54 Å². The summed E-state index contributed by atoms with van der Waals surface area (Å²) in [5.74, 6) is 0.402. The third kappa shape index (κ3) is 2.89. The maximum Gasteiger partial charge on any atom is 0.159 e. The zero-order valence-electron chi connectivity index (χ0n) is 13.1. The average Bonchev–Trinajstić information content (AvgIpc) is 3.19. The maximum atomic E-state index is 13.0. The van der Waals surface area contributed by atoms with Crippen LogP contribution >= 0.6 is 0 Å². The van der Waals surface area contributed by atoms with Crippen molar-refractivity contribution in [3.05, 3.63) is 29.6 Å². The molecule has 1 aromatic rings. The van der Waals surface area contributed by atoms with Crippen LogP contribution in [0.15, 0.2) is 18.3 Å². The number of carbonyl (C=O) groups excluding carboxylic acids is 1. The molecule has 0 N–H and O–H groups in total. The van der Waals surface area contributed by atoms with E-state index in [0.29, 0.717) is 12.2 Å². The monoisotopic (exact) mass is 286 g/mol. The summed E-state index contributed by atoms with van der Waals surface area (Å²) in [5, 5.41) is 0. The fourth-order valence-corrected chi connectivity index (χ4v) is 3.97. The zero-order valence-corrected chi connectivity index (χ0v) is 13.1. The summed E-state index contributed by atoms with van der Waals surface area (Å²) in [6.45, 7) is 4.34. The minimum absolute atomic E-state index is 0.165. The van der Waals surface area contributed by atoms with E-state index in [0.717, 1.165) is 38.0 Å². The third-order valence-corrected chi connectivity index (χ3v) is 5.30. The Labute approximate surface area is 127 Å². The van der Waals surface area contributed by atoms with E-state index in [1.165, 1.54) is 31.2 Å². The molecule has 2 fully saturated rings. The second kappa shape index (κ2) is 6.27. The Morgan fingerprint density at radius 3 is 2.48 bits per heavy atom. The van der Waals surface area contributed by atoms with E-state index in [1.807, 2.05) is 12.3 Å². The largest absolute Gasteiger partial charge is 0.297 e. The van der Waals surface area contributed by atoms with Crippen LogP contribution in [0.5, 0.6) is 0 Å². The van der Waals surface area contributed by atoms with Gasteiger partial charge < -0.3 is 0 Å². The molecule has 1 aliphatic heterocycles. The van der Waals surface area contributed by atoms with Crippen LogP contribution in [0.4, 0.5) is 0 Å². The third-order valence-electron chi connectivity index (χ3n) is 5.30. The molecule has 0 radical (unpaired) electrons. The van der Waals surface area contributed by atoms with Crippen LogP contribution in [0, 0.1) is 0 Å². The molecule has 0 bridgehead atoms. The van der Waals surface area contributed by atoms with Crippen molar-refractivity contribution < 1.29 is 4.79 Å². The number of carbonyl (C=O) groups is 1. The number of likely N-dealkylation sites (tertiary alicyclic amines) is 1. The Bertz CT molecular complexity index is 482. The van der Waals surface area contributed by atoms with Crippen LogP contribution in [0.3, 0.4) is 0 Å². The van der Waals surface area contributed by atoms with Gasteiger partial charge in [-0.2, -0.15) is 0 Å². The minimum atomic E-state index is -0.165. The first-order chi connectivity index (χ1) is 10.2. The number of hydrogen-bond donors (Lipinski definition) is 0. The second-order valence-electron chi connectivity index (χ2n) is 6.54. The van der Waals surface area contributed by atoms with E-state index in [2.05, 4.69) is 22.9 Å². The summed E-state index contributed by atoms with van der Waals surface area (Å²) in [6.07, 6.45) is 10.4. The lowest BCUT2D eigenvalue weighted by Crippen LogP contribution is -2.52. The van der Waals surface area contributed by atoms with Crippen LogP contribution < -0.4 is 0 Å².